The van der Waals surface area contributed by atoms with Gasteiger partial charge < -0.3 is 11.1 Å². The summed E-state index contributed by atoms with van der Waals surface area (Å²) in [6.45, 7) is 2.01. The summed E-state index contributed by atoms with van der Waals surface area (Å²) in [6.07, 6.45) is 2.88. The first-order chi connectivity index (χ1) is 8.58. The molecule has 0 saturated heterocycles. The molecule has 2 aromatic rings. The Morgan fingerprint density at radius 3 is 2.72 bits per heavy atom. The Balaban J connectivity index is 2.22. The smallest absolute Gasteiger partial charge is 0.278 e. The molecule has 0 unspecified atom stereocenters. The standard InChI is InChI=1S/C12H11IN4O/c1-7-2-3-8(6-9(7)13)17-12(18)10-11(14)16-5-4-15-10/h2-6H,1H3,(H2,14,16)(H,17,18). The molecule has 3 N–H and O–H groups in total. The Labute approximate surface area is 118 Å². The molecule has 1 heterocycles. The largest absolute Gasteiger partial charge is 0.382 e. The highest BCUT2D eigenvalue weighted by atomic mass is 127. The number of nitrogens with zero attached hydrogens (tertiary/aromatic N) is 2. The zero-order valence-electron chi connectivity index (χ0n) is 9.64. The maximum atomic E-state index is 11.9. The van der Waals surface area contributed by atoms with Crippen LogP contribution in [-0.4, -0.2) is 15.9 Å². The third-order valence-corrected chi connectivity index (χ3v) is 3.53. The summed E-state index contributed by atoms with van der Waals surface area (Å²) < 4.78 is 1.08. The monoisotopic (exact) mass is 354 g/mol. The van der Waals surface area contributed by atoms with Crippen LogP contribution in [0.1, 0.15) is 16.1 Å². The number of carbonyl (C=O) groups is 1. The minimum absolute atomic E-state index is 0.122. The third-order valence-electron chi connectivity index (χ3n) is 2.37. The van der Waals surface area contributed by atoms with Gasteiger partial charge in [-0.3, -0.25) is 4.79 Å². The Kier molecular flexibility index (Phi) is 3.75. The van der Waals surface area contributed by atoms with Crippen molar-refractivity contribution >= 4 is 40.0 Å². The zero-order valence-corrected chi connectivity index (χ0v) is 11.8. The molecule has 18 heavy (non-hydrogen) atoms. The third kappa shape index (κ3) is 2.76. The van der Waals surface area contributed by atoms with Gasteiger partial charge in [-0.25, -0.2) is 9.97 Å². The fraction of sp³-hybridized carbons (Fsp3) is 0.0833. The highest BCUT2D eigenvalue weighted by Crippen LogP contribution is 2.18. The quantitative estimate of drug-likeness (QED) is 0.811. The normalized spacial score (nSPS) is 10.1. The van der Waals surface area contributed by atoms with Crippen LogP contribution in [0.25, 0.3) is 0 Å². The van der Waals surface area contributed by atoms with E-state index in [0.717, 1.165) is 9.13 Å². The van der Waals surface area contributed by atoms with Crippen LogP contribution in [-0.2, 0) is 0 Å². The second-order valence-electron chi connectivity index (χ2n) is 3.71. The number of amides is 1. The molecule has 2 rings (SSSR count). The lowest BCUT2D eigenvalue weighted by Gasteiger charge is -2.07. The van der Waals surface area contributed by atoms with Gasteiger partial charge in [0.05, 0.1) is 0 Å². The molecule has 92 valence electrons. The van der Waals surface area contributed by atoms with Crippen molar-refractivity contribution in [3.05, 3.63) is 45.4 Å². The first-order valence-electron chi connectivity index (χ1n) is 5.22. The molecular formula is C12H11IN4O. The number of anilines is 2. The number of hydrogen-bond donors (Lipinski definition) is 2. The molecular weight excluding hydrogens is 343 g/mol. The lowest BCUT2D eigenvalue weighted by atomic mass is 10.2. The molecule has 1 aromatic heterocycles. The maximum absolute atomic E-state index is 11.9. The van der Waals surface area contributed by atoms with Crippen LogP contribution >= 0.6 is 22.6 Å². The van der Waals surface area contributed by atoms with Gasteiger partial charge in [-0.1, -0.05) is 6.07 Å². The van der Waals surface area contributed by atoms with Crippen LogP contribution in [0.2, 0.25) is 0 Å². The van der Waals surface area contributed by atoms with Gasteiger partial charge in [-0.05, 0) is 47.2 Å². The molecule has 1 amide bonds. The van der Waals surface area contributed by atoms with Crippen LogP contribution in [0.4, 0.5) is 11.5 Å². The Morgan fingerprint density at radius 1 is 1.33 bits per heavy atom. The number of rotatable bonds is 2. The first-order valence-corrected chi connectivity index (χ1v) is 6.30. The van der Waals surface area contributed by atoms with Gasteiger partial charge in [0.25, 0.3) is 5.91 Å². The van der Waals surface area contributed by atoms with Gasteiger partial charge in [0.15, 0.2) is 11.5 Å². The predicted octanol–water partition coefficient (Wildman–Crippen LogP) is 2.22. The number of halogens is 1. The number of aromatic nitrogens is 2. The predicted molar refractivity (Wildman–Crippen MR) is 78.3 cm³/mol. The molecule has 5 nitrogen and oxygen atoms in total. The molecule has 0 aliphatic rings. The Bertz CT molecular complexity index is 600. The summed E-state index contributed by atoms with van der Waals surface area (Å²) in [4.78, 5) is 19.7. The fourth-order valence-corrected chi connectivity index (χ4v) is 1.90. The van der Waals surface area contributed by atoms with Gasteiger partial charge in [-0.15, -0.1) is 0 Å². The molecule has 0 fully saturated rings. The Morgan fingerprint density at radius 2 is 2.06 bits per heavy atom. The van der Waals surface area contributed by atoms with Crippen LogP contribution in [0, 0.1) is 10.5 Å². The number of nitrogens with one attached hydrogen (secondary N) is 1. The van der Waals surface area contributed by atoms with Crippen molar-refractivity contribution in [2.45, 2.75) is 6.92 Å². The molecule has 0 radical (unpaired) electrons. The summed E-state index contributed by atoms with van der Waals surface area (Å²) in [5.74, 6) is -0.239. The van der Waals surface area contributed by atoms with E-state index in [9.17, 15) is 4.79 Å². The SMILES string of the molecule is Cc1ccc(NC(=O)c2nccnc2N)cc1I. The van der Waals surface area contributed by atoms with E-state index >= 15 is 0 Å². The van der Waals surface area contributed by atoms with Crippen molar-refractivity contribution in [2.24, 2.45) is 0 Å². The van der Waals surface area contributed by atoms with E-state index in [1.165, 1.54) is 12.4 Å². The van der Waals surface area contributed by atoms with Crippen molar-refractivity contribution in [1.82, 2.24) is 9.97 Å². The molecule has 0 spiro atoms. The van der Waals surface area contributed by atoms with E-state index in [1.54, 1.807) is 0 Å². The lowest BCUT2D eigenvalue weighted by molar-refractivity contribution is 0.102. The summed E-state index contributed by atoms with van der Waals surface area (Å²) in [6, 6.07) is 5.67. The van der Waals surface area contributed by atoms with E-state index in [1.807, 2.05) is 25.1 Å². The minimum atomic E-state index is -0.361. The molecule has 0 saturated carbocycles. The van der Waals surface area contributed by atoms with E-state index in [-0.39, 0.29) is 17.4 Å². The average Bonchev–Trinajstić information content (AvgIpc) is 2.34. The molecule has 0 aliphatic carbocycles. The van der Waals surface area contributed by atoms with Crippen molar-refractivity contribution in [1.29, 1.82) is 0 Å². The summed E-state index contributed by atoms with van der Waals surface area (Å²) in [7, 11) is 0. The number of hydrogen-bond acceptors (Lipinski definition) is 4. The molecule has 0 aliphatic heterocycles. The summed E-state index contributed by atoms with van der Waals surface area (Å²) in [5, 5.41) is 2.74. The van der Waals surface area contributed by atoms with E-state index < -0.39 is 0 Å². The lowest BCUT2D eigenvalue weighted by Crippen LogP contribution is -2.16. The maximum Gasteiger partial charge on any atom is 0.278 e. The number of benzene rings is 1. The van der Waals surface area contributed by atoms with E-state index in [0.29, 0.717) is 5.69 Å². The van der Waals surface area contributed by atoms with Gasteiger partial charge in [0.2, 0.25) is 0 Å². The van der Waals surface area contributed by atoms with Crippen molar-refractivity contribution < 1.29 is 4.79 Å². The van der Waals surface area contributed by atoms with Gasteiger partial charge in [0, 0.05) is 21.7 Å². The van der Waals surface area contributed by atoms with E-state index in [2.05, 4.69) is 37.9 Å². The van der Waals surface area contributed by atoms with Crippen molar-refractivity contribution in [3.63, 3.8) is 0 Å². The highest BCUT2D eigenvalue weighted by Gasteiger charge is 2.12. The Hall–Kier alpha value is -1.70. The van der Waals surface area contributed by atoms with Gasteiger partial charge in [0.1, 0.15) is 0 Å². The van der Waals surface area contributed by atoms with Crippen LogP contribution in [0.15, 0.2) is 30.6 Å². The van der Waals surface area contributed by atoms with Gasteiger partial charge >= 0.3 is 0 Å². The van der Waals surface area contributed by atoms with Crippen molar-refractivity contribution in [3.8, 4) is 0 Å². The average molecular weight is 354 g/mol. The summed E-state index contributed by atoms with van der Waals surface area (Å²) in [5.41, 5.74) is 7.59. The number of nitrogen functional groups attached to an aromatic ring is 1. The first kappa shape index (κ1) is 12.7. The van der Waals surface area contributed by atoms with E-state index in [4.69, 9.17) is 5.73 Å². The van der Waals surface area contributed by atoms with Crippen LogP contribution in [0.3, 0.4) is 0 Å². The fourth-order valence-electron chi connectivity index (χ4n) is 1.38. The number of carbonyl (C=O) groups excluding carboxylic acids is 1. The topological polar surface area (TPSA) is 80.9 Å². The molecule has 0 bridgehead atoms. The molecule has 1 aromatic carbocycles. The second-order valence-corrected chi connectivity index (χ2v) is 4.87. The number of aryl methyl sites for hydroxylation is 1. The van der Waals surface area contributed by atoms with Gasteiger partial charge in [-0.2, -0.15) is 0 Å². The number of nitrogens with two attached hydrogens (primary N) is 1. The zero-order chi connectivity index (χ0) is 13.1. The molecule has 6 heteroatoms. The minimum Gasteiger partial charge on any atom is -0.382 e. The summed E-state index contributed by atoms with van der Waals surface area (Å²) >= 11 is 2.21. The molecule has 0 atom stereocenters. The highest BCUT2D eigenvalue weighted by molar-refractivity contribution is 14.1. The van der Waals surface area contributed by atoms with Crippen molar-refractivity contribution in [2.75, 3.05) is 11.1 Å². The second kappa shape index (κ2) is 5.30. The van der Waals surface area contributed by atoms with Crippen LogP contribution in [0.5, 0.6) is 0 Å². The van der Waals surface area contributed by atoms with Crippen LogP contribution < -0.4 is 11.1 Å².